The van der Waals surface area contributed by atoms with Crippen molar-refractivity contribution < 1.29 is 19.1 Å². The maximum absolute atomic E-state index is 11.4. The Hall–Kier alpha value is -1.89. The number of imide groups is 1. The molecule has 0 aliphatic rings. The zero-order valence-corrected chi connectivity index (χ0v) is 11.8. The van der Waals surface area contributed by atoms with Gasteiger partial charge in [-0.2, -0.15) is 0 Å². The molecule has 0 saturated carbocycles. The highest BCUT2D eigenvalue weighted by Gasteiger charge is 2.10. The van der Waals surface area contributed by atoms with Crippen molar-refractivity contribution in [2.45, 2.75) is 6.42 Å². The molecular formula is C12H13BrN2O4. The third-order valence-corrected chi connectivity index (χ3v) is 2.63. The highest BCUT2D eigenvalue weighted by molar-refractivity contribution is 9.10. The minimum Gasteiger partial charge on any atom is -0.455 e. The van der Waals surface area contributed by atoms with Crippen LogP contribution in [0.15, 0.2) is 28.7 Å². The molecule has 1 aromatic carbocycles. The first kappa shape index (κ1) is 15.2. The molecule has 0 atom stereocenters. The summed E-state index contributed by atoms with van der Waals surface area (Å²) in [6, 6.07) is 6.52. The van der Waals surface area contributed by atoms with E-state index in [2.05, 4.69) is 21.2 Å². The van der Waals surface area contributed by atoms with Crippen LogP contribution in [-0.2, 0) is 20.7 Å². The van der Waals surface area contributed by atoms with E-state index in [9.17, 15) is 14.4 Å². The van der Waals surface area contributed by atoms with E-state index < -0.39 is 24.5 Å². The van der Waals surface area contributed by atoms with Crippen LogP contribution in [0.25, 0.3) is 0 Å². The van der Waals surface area contributed by atoms with Gasteiger partial charge >= 0.3 is 12.0 Å². The predicted octanol–water partition coefficient (Wildman–Crippen LogP) is 0.990. The molecule has 0 heterocycles. The Morgan fingerprint density at radius 3 is 2.42 bits per heavy atom. The first-order valence-corrected chi connectivity index (χ1v) is 6.22. The number of halogens is 1. The number of nitrogens with one attached hydrogen (secondary N) is 2. The van der Waals surface area contributed by atoms with Crippen molar-refractivity contribution in [3.63, 3.8) is 0 Å². The maximum Gasteiger partial charge on any atom is 0.321 e. The SMILES string of the molecule is CNC(=O)NC(=O)COC(=O)Cc1ccc(Br)cc1. The molecule has 0 unspecified atom stereocenters. The lowest BCUT2D eigenvalue weighted by Gasteiger charge is -2.05. The second-order valence-corrected chi connectivity index (χ2v) is 4.51. The summed E-state index contributed by atoms with van der Waals surface area (Å²) in [5.74, 6) is -1.21. The number of hydrogen-bond acceptors (Lipinski definition) is 4. The molecule has 0 saturated heterocycles. The van der Waals surface area contributed by atoms with Crippen molar-refractivity contribution in [1.29, 1.82) is 0 Å². The summed E-state index contributed by atoms with van der Waals surface area (Å²) in [7, 11) is 1.38. The van der Waals surface area contributed by atoms with Gasteiger partial charge in [-0.05, 0) is 17.7 Å². The van der Waals surface area contributed by atoms with Crippen molar-refractivity contribution in [3.8, 4) is 0 Å². The molecule has 0 aromatic heterocycles. The summed E-state index contributed by atoms with van der Waals surface area (Å²) < 4.78 is 5.65. The summed E-state index contributed by atoms with van der Waals surface area (Å²) in [6.45, 7) is -0.483. The van der Waals surface area contributed by atoms with Gasteiger partial charge in [-0.15, -0.1) is 0 Å². The molecule has 7 heteroatoms. The molecule has 0 bridgehead atoms. The van der Waals surface area contributed by atoms with Gasteiger partial charge in [0.05, 0.1) is 6.42 Å². The topological polar surface area (TPSA) is 84.5 Å². The van der Waals surface area contributed by atoms with E-state index in [0.717, 1.165) is 10.0 Å². The number of carbonyl (C=O) groups excluding carboxylic acids is 3. The van der Waals surface area contributed by atoms with Crippen molar-refractivity contribution in [3.05, 3.63) is 34.3 Å². The first-order valence-electron chi connectivity index (χ1n) is 5.43. The van der Waals surface area contributed by atoms with E-state index in [1.165, 1.54) is 7.05 Å². The second-order valence-electron chi connectivity index (χ2n) is 3.59. The van der Waals surface area contributed by atoms with E-state index in [1.807, 2.05) is 5.32 Å². The number of benzene rings is 1. The van der Waals surface area contributed by atoms with Crippen LogP contribution in [0.5, 0.6) is 0 Å². The van der Waals surface area contributed by atoms with Crippen molar-refractivity contribution in [2.75, 3.05) is 13.7 Å². The molecule has 2 N–H and O–H groups in total. The normalized spacial score (nSPS) is 9.58. The molecule has 0 radical (unpaired) electrons. The fourth-order valence-corrected chi connectivity index (χ4v) is 1.46. The van der Waals surface area contributed by atoms with E-state index in [4.69, 9.17) is 4.74 Å². The van der Waals surface area contributed by atoms with Gasteiger partial charge in [0, 0.05) is 11.5 Å². The molecule has 0 spiro atoms. The number of rotatable bonds is 4. The van der Waals surface area contributed by atoms with Gasteiger partial charge in [-0.3, -0.25) is 14.9 Å². The highest BCUT2D eigenvalue weighted by atomic mass is 79.9. The molecule has 3 amide bonds. The van der Waals surface area contributed by atoms with Crippen LogP contribution in [0.2, 0.25) is 0 Å². The Morgan fingerprint density at radius 2 is 1.84 bits per heavy atom. The average molecular weight is 329 g/mol. The van der Waals surface area contributed by atoms with Crippen LogP contribution >= 0.6 is 15.9 Å². The highest BCUT2D eigenvalue weighted by Crippen LogP contribution is 2.11. The van der Waals surface area contributed by atoms with E-state index in [-0.39, 0.29) is 6.42 Å². The Labute approximate surface area is 118 Å². The molecule has 0 aliphatic heterocycles. The van der Waals surface area contributed by atoms with Crippen molar-refractivity contribution in [1.82, 2.24) is 10.6 Å². The Bertz CT molecular complexity index is 473. The van der Waals surface area contributed by atoms with Gasteiger partial charge in [0.25, 0.3) is 5.91 Å². The number of ether oxygens (including phenoxy) is 1. The smallest absolute Gasteiger partial charge is 0.321 e. The summed E-state index contributed by atoms with van der Waals surface area (Å²) in [4.78, 5) is 33.4. The fourth-order valence-electron chi connectivity index (χ4n) is 1.19. The standard InChI is InChI=1S/C12H13BrN2O4/c1-14-12(18)15-10(16)7-19-11(17)6-8-2-4-9(13)5-3-8/h2-5H,6-7H2,1H3,(H2,14,15,16,18). The fraction of sp³-hybridized carbons (Fsp3) is 0.250. The van der Waals surface area contributed by atoms with Gasteiger partial charge in [-0.1, -0.05) is 28.1 Å². The van der Waals surface area contributed by atoms with Gasteiger partial charge in [0.1, 0.15) is 0 Å². The summed E-state index contributed by atoms with van der Waals surface area (Å²) in [5, 5.41) is 4.20. The van der Waals surface area contributed by atoms with Gasteiger partial charge < -0.3 is 10.1 Å². The minimum absolute atomic E-state index is 0.0700. The quantitative estimate of drug-likeness (QED) is 0.807. The minimum atomic E-state index is -0.677. The first-order chi connectivity index (χ1) is 9.01. The summed E-state index contributed by atoms with van der Waals surface area (Å²) >= 11 is 3.28. The lowest BCUT2D eigenvalue weighted by molar-refractivity contribution is -0.147. The monoisotopic (exact) mass is 328 g/mol. The number of amides is 3. The number of hydrogen-bond donors (Lipinski definition) is 2. The molecule has 0 aliphatic carbocycles. The van der Waals surface area contributed by atoms with Crippen LogP contribution in [-0.4, -0.2) is 31.6 Å². The Balaban J connectivity index is 2.33. The molecule has 1 rings (SSSR count). The summed E-state index contributed by atoms with van der Waals surface area (Å²) in [6.07, 6.45) is 0.0700. The van der Waals surface area contributed by atoms with Gasteiger partial charge in [0.15, 0.2) is 6.61 Å². The summed E-state index contributed by atoms with van der Waals surface area (Å²) in [5.41, 5.74) is 0.778. The van der Waals surface area contributed by atoms with E-state index in [0.29, 0.717) is 0 Å². The van der Waals surface area contributed by atoms with Crippen molar-refractivity contribution in [2.24, 2.45) is 0 Å². The number of carbonyl (C=O) groups is 3. The van der Waals surface area contributed by atoms with Crippen LogP contribution in [0.4, 0.5) is 4.79 Å². The lowest BCUT2D eigenvalue weighted by atomic mass is 10.2. The predicted molar refractivity (Wildman–Crippen MR) is 71.4 cm³/mol. The largest absolute Gasteiger partial charge is 0.455 e. The maximum atomic E-state index is 11.4. The molecule has 102 valence electrons. The lowest BCUT2D eigenvalue weighted by Crippen LogP contribution is -2.39. The number of urea groups is 1. The molecular weight excluding hydrogens is 316 g/mol. The van der Waals surface area contributed by atoms with Crippen LogP contribution in [0.3, 0.4) is 0 Å². The number of esters is 1. The molecule has 6 nitrogen and oxygen atoms in total. The van der Waals surface area contributed by atoms with Crippen LogP contribution in [0, 0.1) is 0 Å². The Morgan fingerprint density at radius 1 is 1.21 bits per heavy atom. The second kappa shape index (κ2) is 7.52. The Kier molecular flexibility index (Phi) is 6.01. The zero-order chi connectivity index (χ0) is 14.3. The van der Waals surface area contributed by atoms with Crippen LogP contribution < -0.4 is 10.6 Å². The molecule has 1 aromatic rings. The van der Waals surface area contributed by atoms with E-state index >= 15 is 0 Å². The third kappa shape index (κ3) is 6.01. The molecule has 0 fully saturated rings. The van der Waals surface area contributed by atoms with Gasteiger partial charge in [0.2, 0.25) is 0 Å². The average Bonchev–Trinajstić information content (AvgIpc) is 2.39. The zero-order valence-electron chi connectivity index (χ0n) is 10.2. The van der Waals surface area contributed by atoms with E-state index in [1.54, 1.807) is 24.3 Å². The van der Waals surface area contributed by atoms with Crippen LogP contribution in [0.1, 0.15) is 5.56 Å². The molecule has 19 heavy (non-hydrogen) atoms. The van der Waals surface area contributed by atoms with Gasteiger partial charge in [-0.25, -0.2) is 4.79 Å². The third-order valence-electron chi connectivity index (χ3n) is 2.11. The van der Waals surface area contributed by atoms with Crippen molar-refractivity contribution >= 4 is 33.8 Å².